The van der Waals surface area contributed by atoms with E-state index in [1.165, 1.54) is 0 Å². The van der Waals surface area contributed by atoms with Crippen molar-refractivity contribution < 1.29 is 14.1 Å². The number of carbonyl (C=O) groups is 1. The summed E-state index contributed by atoms with van der Waals surface area (Å²) in [4.78, 5) is 18.9. The summed E-state index contributed by atoms with van der Waals surface area (Å²) in [7, 11) is 1.80. The highest BCUT2D eigenvalue weighted by Crippen LogP contribution is 2.63. The van der Waals surface area contributed by atoms with Crippen molar-refractivity contribution in [1.82, 2.24) is 15.0 Å². The van der Waals surface area contributed by atoms with E-state index in [-0.39, 0.29) is 22.8 Å². The Bertz CT molecular complexity index is 829. The van der Waals surface area contributed by atoms with Crippen LogP contribution >= 0.6 is 0 Å². The zero-order valence-electron chi connectivity index (χ0n) is 15.1. The van der Waals surface area contributed by atoms with Gasteiger partial charge in [0.05, 0.1) is 6.54 Å². The number of para-hydroxylation sites is 1. The van der Waals surface area contributed by atoms with E-state index in [1.54, 1.807) is 18.9 Å². The van der Waals surface area contributed by atoms with Gasteiger partial charge in [-0.2, -0.15) is 4.98 Å². The molecule has 1 aliphatic heterocycles. The van der Waals surface area contributed by atoms with Crippen LogP contribution in [0, 0.1) is 12.8 Å². The maximum Gasteiger partial charge on any atom is 0.226 e. The number of ether oxygens (including phenoxy) is 1. The summed E-state index contributed by atoms with van der Waals surface area (Å²) < 4.78 is 11.1. The molecule has 1 fully saturated rings. The molecule has 4 rings (SSSR count). The van der Waals surface area contributed by atoms with Gasteiger partial charge in [0.1, 0.15) is 11.4 Å². The third-order valence-electron chi connectivity index (χ3n) is 5.25. The molecule has 1 aliphatic carbocycles. The van der Waals surface area contributed by atoms with Gasteiger partial charge in [-0.15, -0.1) is 0 Å². The maximum absolute atomic E-state index is 13.0. The fraction of sp³-hybridized carbons (Fsp3) is 0.526. The van der Waals surface area contributed by atoms with E-state index in [0.717, 1.165) is 24.2 Å². The Labute approximate surface area is 147 Å². The molecule has 0 N–H and O–H groups in total. The summed E-state index contributed by atoms with van der Waals surface area (Å²) in [6.45, 7) is 6.30. The minimum atomic E-state index is -0.271. The molecule has 1 aromatic heterocycles. The van der Waals surface area contributed by atoms with E-state index >= 15 is 0 Å². The number of hydrogen-bond donors (Lipinski definition) is 0. The first-order chi connectivity index (χ1) is 11.8. The molecule has 1 amide bonds. The summed E-state index contributed by atoms with van der Waals surface area (Å²) in [6.07, 6.45) is 1.72. The molecule has 2 aromatic rings. The van der Waals surface area contributed by atoms with Gasteiger partial charge in [-0.1, -0.05) is 23.4 Å². The second-order valence-corrected chi connectivity index (χ2v) is 7.87. The molecule has 0 radical (unpaired) electrons. The largest absolute Gasteiger partial charge is 0.488 e. The Morgan fingerprint density at radius 1 is 1.36 bits per heavy atom. The van der Waals surface area contributed by atoms with Crippen LogP contribution in [0.1, 0.15) is 44.0 Å². The van der Waals surface area contributed by atoms with Gasteiger partial charge in [-0.3, -0.25) is 4.79 Å². The van der Waals surface area contributed by atoms with Crippen LogP contribution in [0.4, 0.5) is 0 Å². The highest BCUT2D eigenvalue weighted by molar-refractivity contribution is 5.84. The van der Waals surface area contributed by atoms with Gasteiger partial charge in [0.15, 0.2) is 5.82 Å². The number of rotatable bonds is 3. The zero-order chi connectivity index (χ0) is 17.8. The molecule has 0 unspecified atom stereocenters. The van der Waals surface area contributed by atoms with E-state index in [1.807, 2.05) is 18.2 Å². The summed E-state index contributed by atoms with van der Waals surface area (Å²) in [6, 6.07) is 8.11. The fourth-order valence-corrected chi connectivity index (χ4v) is 4.24. The zero-order valence-corrected chi connectivity index (χ0v) is 15.1. The molecule has 6 nitrogen and oxygen atoms in total. The second-order valence-electron chi connectivity index (χ2n) is 7.87. The minimum absolute atomic E-state index is 0.0187. The first kappa shape index (κ1) is 16.1. The normalized spacial score (nSPS) is 26.0. The monoisotopic (exact) mass is 341 g/mol. The lowest BCUT2D eigenvalue weighted by Crippen LogP contribution is -2.40. The van der Waals surface area contributed by atoms with E-state index in [0.29, 0.717) is 18.3 Å². The van der Waals surface area contributed by atoms with Crippen LogP contribution in [-0.2, 0) is 16.8 Å². The van der Waals surface area contributed by atoms with Crippen LogP contribution in [0.2, 0.25) is 0 Å². The quantitative estimate of drug-likeness (QED) is 0.859. The number of benzene rings is 1. The molecule has 132 valence electrons. The minimum Gasteiger partial charge on any atom is -0.488 e. The predicted octanol–water partition coefficient (Wildman–Crippen LogP) is 2.86. The van der Waals surface area contributed by atoms with Crippen LogP contribution in [0.5, 0.6) is 5.75 Å². The van der Waals surface area contributed by atoms with E-state index in [4.69, 9.17) is 9.26 Å². The van der Waals surface area contributed by atoms with Crippen LogP contribution in [-0.4, -0.2) is 33.6 Å². The van der Waals surface area contributed by atoms with Crippen molar-refractivity contribution in [3.05, 3.63) is 41.5 Å². The van der Waals surface area contributed by atoms with Gasteiger partial charge in [0.25, 0.3) is 0 Å². The van der Waals surface area contributed by atoms with Crippen LogP contribution in [0.25, 0.3) is 0 Å². The smallest absolute Gasteiger partial charge is 0.226 e. The first-order valence-corrected chi connectivity index (χ1v) is 8.63. The Balaban J connectivity index is 1.56. The van der Waals surface area contributed by atoms with Crippen molar-refractivity contribution in [1.29, 1.82) is 0 Å². The third-order valence-corrected chi connectivity index (χ3v) is 5.25. The molecule has 2 aliphatic rings. The molecule has 1 saturated carbocycles. The van der Waals surface area contributed by atoms with Gasteiger partial charge in [0, 0.05) is 30.9 Å². The number of fused-ring (bicyclic) bond motifs is 2. The average Bonchev–Trinajstić information content (AvgIpc) is 3.09. The molecule has 1 spiro atoms. The average molecular weight is 341 g/mol. The van der Waals surface area contributed by atoms with Crippen molar-refractivity contribution >= 4 is 5.91 Å². The molecule has 0 saturated heterocycles. The molecular formula is C19H23N3O3. The van der Waals surface area contributed by atoms with Crippen LogP contribution < -0.4 is 4.74 Å². The molecular weight excluding hydrogens is 318 g/mol. The summed E-state index contributed by atoms with van der Waals surface area (Å²) >= 11 is 0. The molecule has 2 heterocycles. The van der Waals surface area contributed by atoms with Gasteiger partial charge >= 0.3 is 0 Å². The van der Waals surface area contributed by atoms with Gasteiger partial charge in [-0.05, 0) is 32.8 Å². The third kappa shape index (κ3) is 2.69. The van der Waals surface area contributed by atoms with Crippen LogP contribution in [0.3, 0.4) is 0 Å². The number of carbonyl (C=O) groups excluding carboxylic acids is 1. The standard InChI is InChI=1S/C19H23N3O3/c1-12-20-16(21-25-12)10-22(4)17(23)14-9-19(14)11-18(2,3)24-15-8-6-5-7-13(15)19/h5-8,14H,9-11H2,1-4H3/t14-,19+/m1/s1. The molecule has 2 atom stereocenters. The summed E-state index contributed by atoms with van der Waals surface area (Å²) in [5.74, 6) is 2.07. The summed E-state index contributed by atoms with van der Waals surface area (Å²) in [5, 5.41) is 3.88. The van der Waals surface area contributed by atoms with Gasteiger partial charge in [-0.25, -0.2) is 0 Å². The SMILES string of the molecule is Cc1nc(CN(C)C(=O)[C@H]2C[C@@]23CC(C)(C)Oc2ccccc23)no1. The number of aryl methyl sites for hydroxylation is 1. The topological polar surface area (TPSA) is 68.5 Å². The second kappa shape index (κ2) is 5.31. The highest BCUT2D eigenvalue weighted by atomic mass is 16.5. The Morgan fingerprint density at radius 2 is 2.12 bits per heavy atom. The van der Waals surface area contributed by atoms with E-state index in [9.17, 15) is 4.79 Å². The summed E-state index contributed by atoms with van der Waals surface area (Å²) in [5.41, 5.74) is 0.778. The molecule has 0 bridgehead atoms. The number of aromatic nitrogens is 2. The Kier molecular flexibility index (Phi) is 3.42. The van der Waals surface area contributed by atoms with E-state index in [2.05, 4.69) is 30.1 Å². The van der Waals surface area contributed by atoms with Gasteiger partial charge < -0.3 is 14.2 Å². The van der Waals surface area contributed by atoms with Crippen molar-refractivity contribution in [3.63, 3.8) is 0 Å². The molecule has 25 heavy (non-hydrogen) atoms. The Morgan fingerprint density at radius 3 is 2.84 bits per heavy atom. The number of nitrogens with zero attached hydrogens (tertiary/aromatic N) is 3. The lowest BCUT2D eigenvalue weighted by Gasteiger charge is -2.38. The maximum atomic E-state index is 13.0. The van der Waals surface area contributed by atoms with Crippen molar-refractivity contribution in [2.75, 3.05) is 7.05 Å². The molecule has 1 aromatic carbocycles. The Hall–Kier alpha value is -2.37. The van der Waals surface area contributed by atoms with E-state index < -0.39 is 0 Å². The molecule has 6 heteroatoms. The first-order valence-electron chi connectivity index (χ1n) is 8.63. The number of amides is 1. The number of hydrogen-bond acceptors (Lipinski definition) is 5. The lowest BCUT2D eigenvalue weighted by atomic mass is 9.79. The lowest BCUT2D eigenvalue weighted by molar-refractivity contribution is -0.132. The highest BCUT2D eigenvalue weighted by Gasteiger charge is 2.64. The van der Waals surface area contributed by atoms with Crippen molar-refractivity contribution in [2.24, 2.45) is 5.92 Å². The van der Waals surface area contributed by atoms with Gasteiger partial charge in [0.2, 0.25) is 11.8 Å². The predicted molar refractivity (Wildman–Crippen MR) is 91.1 cm³/mol. The van der Waals surface area contributed by atoms with Crippen LogP contribution in [0.15, 0.2) is 28.8 Å². The van der Waals surface area contributed by atoms with Crippen molar-refractivity contribution in [2.45, 2.75) is 51.2 Å². The fourth-order valence-electron chi connectivity index (χ4n) is 4.24. The van der Waals surface area contributed by atoms with Crippen molar-refractivity contribution in [3.8, 4) is 5.75 Å².